The SMILES string of the molecule is CC1(C)C(Nc2nnc(CNC3CC3)o2)C1(C)C. The second-order valence-electron chi connectivity index (χ2n) is 6.68. The van der Waals surface area contributed by atoms with E-state index in [4.69, 9.17) is 4.42 Å². The second kappa shape index (κ2) is 3.70. The highest BCUT2D eigenvalue weighted by Crippen LogP contribution is 2.63. The van der Waals surface area contributed by atoms with Crippen LogP contribution in [0.3, 0.4) is 0 Å². The molecule has 2 saturated carbocycles. The Bertz CT molecular complexity index is 434. The van der Waals surface area contributed by atoms with Crippen molar-refractivity contribution in [2.24, 2.45) is 10.8 Å². The van der Waals surface area contributed by atoms with Gasteiger partial charge in [0.2, 0.25) is 5.89 Å². The van der Waals surface area contributed by atoms with Crippen LogP contribution in [0.5, 0.6) is 0 Å². The Labute approximate surface area is 108 Å². The van der Waals surface area contributed by atoms with Crippen LogP contribution in [0.1, 0.15) is 46.4 Å². The zero-order chi connectivity index (χ0) is 13.0. The van der Waals surface area contributed by atoms with Gasteiger partial charge in [-0.1, -0.05) is 32.8 Å². The summed E-state index contributed by atoms with van der Waals surface area (Å²) in [7, 11) is 0. The molecule has 0 atom stereocenters. The van der Waals surface area contributed by atoms with E-state index >= 15 is 0 Å². The van der Waals surface area contributed by atoms with Gasteiger partial charge in [0.25, 0.3) is 0 Å². The van der Waals surface area contributed by atoms with Crippen LogP contribution in [0.2, 0.25) is 0 Å². The third-order valence-electron chi connectivity index (χ3n) is 4.87. The first-order valence-electron chi connectivity index (χ1n) is 6.73. The molecule has 0 aromatic carbocycles. The highest BCUT2D eigenvalue weighted by molar-refractivity contribution is 5.33. The van der Waals surface area contributed by atoms with Gasteiger partial charge in [-0.2, -0.15) is 0 Å². The van der Waals surface area contributed by atoms with E-state index < -0.39 is 0 Å². The molecule has 18 heavy (non-hydrogen) atoms. The highest BCUT2D eigenvalue weighted by atomic mass is 16.4. The molecule has 0 aliphatic heterocycles. The molecule has 1 aromatic heterocycles. The van der Waals surface area contributed by atoms with Gasteiger partial charge in [0.1, 0.15) is 0 Å². The van der Waals surface area contributed by atoms with E-state index in [0.29, 0.717) is 30.5 Å². The third-order valence-corrected chi connectivity index (χ3v) is 4.87. The van der Waals surface area contributed by atoms with Gasteiger partial charge in [0.15, 0.2) is 0 Å². The molecule has 5 heteroatoms. The lowest BCUT2D eigenvalue weighted by molar-refractivity contribution is 0.457. The zero-order valence-corrected chi connectivity index (χ0v) is 11.6. The Hall–Kier alpha value is -1.10. The standard InChI is InChI=1S/C13H22N4O/c1-12(2)10(13(12,3)4)15-11-17-16-9(18-11)7-14-8-5-6-8/h8,10,14H,5-7H2,1-4H3,(H,15,17). The Morgan fingerprint density at radius 3 is 2.39 bits per heavy atom. The lowest BCUT2D eigenvalue weighted by atomic mass is 10.0. The van der Waals surface area contributed by atoms with Gasteiger partial charge in [0, 0.05) is 12.1 Å². The molecule has 0 saturated heterocycles. The summed E-state index contributed by atoms with van der Waals surface area (Å²) in [6, 6.07) is 1.61. The lowest BCUT2D eigenvalue weighted by Crippen LogP contribution is -2.15. The topological polar surface area (TPSA) is 63.0 Å². The molecule has 0 radical (unpaired) electrons. The number of hydrogen-bond donors (Lipinski definition) is 2. The lowest BCUT2D eigenvalue weighted by Gasteiger charge is -2.02. The predicted octanol–water partition coefficient (Wildman–Crippen LogP) is 2.17. The molecule has 2 aliphatic rings. The smallest absolute Gasteiger partial charge is 0.315 e. The van der Waals surface area contributed by atoms with Gasteiger partial charge in [-0.15, -0.1) is 5.10 Å². The largest absolute Gasteiger partial charge is 0.407 e. The van der Waals surface area contributed by atoms with E-state index in [1.165, 1.54) is 12.8 Å². The average Bonchev–Trinajstić information content (AvgIpc) is 3.10. The summed E-state index contributed by atoms with van der Waals surface area (Å²) in [5, 5.41) is 14.8. The molecule has 2 aliphatic carbocycles. The van der Waals surface area contributed by atoms with Crippen molar-refractivity contribution in [3.05, 3.63) is 5.89 Å². The molecular formula is C13H22N4O. The van der Waals surface area contributed by atoms with E-state index in [1.54, 1.807) is 0 Å². The van der Waals surface area contributed by atoms with Gasteiger partial charge >= 0.3 is 6.01 Å². The van der Waals surface area contributed by atoms with E-state index in [-0.39, 0.29) is 10.8 Å². The number of rotatable bonds is 5. The molecule has 0 bridgehead atoms. The summed E-state index contributed by atoms with van der Waals surface area (Å²) in [6.07, 6.45) is 2.54. The second-order valence-corrected chi connectivity index (χ2v) is 6.68. The minimum atomic E-state index is 0.272. The van der Waals surface area contributed by atoms with Crippen molar-refractivity contribution < 1.29 is 4.42 Å². The molecule has 2 N–H and O–H groups in total. The van der Waals surface area contributed by atoms with E-state index in [2.05, 4.69) is 48.5 Å². The molecule has 100 valence electrons. The summed E-state index contributed by atoms with van der Waals surface area (Å²) in [4.78, 5) is 0. The first-order valence-corrected chi connectivity index (χ1v) is 6.73. The monoisotopic (exact) mass is 250 g/mol. The number of hydrogen-bond acceptors (Lipinski definition) is 5. The fraction of sp³-hybridized carbons (Fsp3) is 0.846. The normalized spacial score (nSPS) is 25.1. The number of anilines is 1. The van der Waals surface area contributed by atoms with Crippen LogP contribution >= 0.6 is 0 Å². The Balaban J connectivity index is 1.57. The van der Waals surface area contributed by atoms with E-state index in [0.717, 1.165) is 0 Å². The van der Waals surface area contributed by atoms with Crippen LogP contribution in [0.4, 0.5) is 6.01 Å². The number of nitrogens with zero attached hydrogens (tertiary/aromatic N) is 2. The highest BCUT2D eigenvalue weighted by Gasteiger charge is 2.65. The third kappa shape index (κ3) is 1.90. The first-order chi connectivity index (χ1) is 8.41. The molecule has 0 amide bonds. The van der Waals surface area contributed by atoms with Crippen molar-refractivity contribution in [3.8, 4) is 0 Å². The predicted molar refractivity (Wildman–Crippen MR) is 69.1 cm³/mol. The number of aromatic nitrogens is 2. The van der Waals surface area contributed by atoms with Crippen LogP contribution in [-0.2, 0) is 6.54 Å². The van der Waals surface area contributed by atoms with Crippen molar-refractivity contribution in [2.45, 2.75) is 59.2 Å². The van der Waals surface area contributed by atoms with Gasteiger partial charge in [0.05, 0.1) is 6.54 Å². The zero-order valence-electron chi connectivity index (χ0n) is 11.6. The van der Waals surface area contributed by atoms with Crippen LogP contribution in [0.25, 0.3) is 0 Å². The molecule has 2 fully saturated rings. The van der Waals surface area contributed by atoms with E-state index in [9.17, 15) is 0 Å². The summed E-state index contributed by atoms with van der Waals surface area (Å²) in [5.74, 6) is 0.667. The summed E-state index contributed by atoms with van der Waals surface area (Å²) >= 11 is 0. The quantitative estimate of drug-likeness (QED) is 0.838. The van der Waals surface area contributed by atoms with Crippen LogP contribution in [0, 0.1) is 10.8 Å². The van der Waals surface area contributed by atoms with Crippen molar-refractivity contribution in [2.75, 3.05) is 5.32 Å². The maximum Gasteiger partial charge on any atom is 0.315 e. The minimum absolute atomic E-state index is 0.272. The molecule has 0 unspecified atom stereocenters. The van der Waals surface area contributed by atoms with E-state index in [1.807, 2.05) is 0 Å². The Kier molecular flexibility index (Phi) is 2.46. The van der Waals surface area contributed by atoms with Gasteiger partial charge < -0.3 is 15.1 Å². The van der Waals surface area contributed by atoms with Gasteiger partial charge in [-0.05, 0) is 23.7 Å². The Morgan fingerprint density at radius 1 is 1.17 bits per heavy atom. The summed E-state index contributed by atoms with van der Waals surface area (Å²) < 4.78 is 5.60. The molecule has 0 spiro atoms. The maximum atomic E-state index is 5.60. The molecule has 1 aromatic rings. The molecular weight excluding hydrogens is 228 g/mol. The summed E-state index contributed by atoms with van der Waals surface area (Å²) in [6.45, 7) is 9.72. The maximum absolute atomic E-state index is 5.60. The fourth-order valence-corrected chi connectivity index (χ4v) is 2.58. The van der Waals surface area contributed by atoms with Crippen molar-refractivity contribution in [1.29, 1.82) is 0 Å². The molecule has 3 rings (SSSR count). The molecule has 1 heterocycles. The minimum Gasteiger partial charge on any atom is -0.407 e. The van der Waals surface area contributed by atoms with Gasteiger partial charge in [-0.3, -0.25) is 0 Å². The Morgan fingerprint density at radius 2 is 1.83 bits per heavy atom. The van der Waals surface area contributed by atoms with Gasteiger partial charge in [-0.25, -0.2) is 0 Å². The molecule has 5 nitrogen and oxygen atoms in total. The van der Waals surface area contributed by atoms with Crippen molar-refractivity contribution in [3.63, 3.8) is 0 Å². The summed E-state index contributed by atoms with van der Waals surface area (Å²) in [5.41, 5.74) is 0.543. The van der Waals surface area contributed by atoms with Crippen LogP contribution < -0.4 is 10.6 Å². The van der Waals surface area contributed by atoms with Crippen LogP contribution in [-0.4, -0.2) is 22.3 Å². The van der Waals surface area contributed by atoms with Crippen LogP contribution in [0.15, 0.2) is 4.42 Å². The van der Waals surface area contributed by atoms with Crippen molar-refractivity contribution >= 4 is 6.01 Å². The first kappa shape index (κ1) is 12.0. The van der Waals surface area contributed by atoms with Crippen molar-refractivity contribution in [1.82, 2.24) is 15.5 Å². The number of nitrogens with one attached hydrogen (secondary N) is 2. The average molecular weight is 250 g/mol. The fourth-order valence-electron chi connectivity index (χ4n) is 2.58.